The number of nitrogens with zero attached hydrogens (tertiary/aromatic N) is 1. The number of halogens is 1. The fourth-order valence-corrected chi connectivity index (χ4v) is 2.10. The Kier molecular flexibility index (Phi) is 5.84. The van der Waals surface area contributed by atoms with Gasteiger partial charge in [0.2, 0.25) is 5.88 Å². The summed E-state index contributed by atoms with van der Waals surface area (Å²) in [5.74, 6) is 0.444. The third-order valence-corrected chi connectivity index (χ3v) is 3.25. The van der Waals surface area contributed by atoms with E-state index in [0.717, 1.165) is 0 Å². The van der Waals surface area contributed by atoms with Gasteiger partial charge in [0.1, 0.15) is 11.5 Å². The second-order valence-corrected chi connectivity index (χ2v) is 6.60. The Labute approximate surface area is 112 Å². The molecule has 0 aromatic carbocycles. The van der Waals surface area contributed by atoms with Crippen LogP contribution in [0.3, 0.4) is 0 Å². The van der Waals surface area contributed by atoms with E-state index in [1.807, 2.05) is 13.8 Å². The quantitative estimate of drug-likeness (QED) is 0.569. The van der Waals surface area contributed by atoms with Crippen LogP contribution in [-0.2, 0) is 13.8 Å². The van der Waals surface area contributed by atoms with E-state index in [-0.39, 0.29) is 17.4 Å². The highest BCUT2D eigenvalue weighted by atomic mass is 35.7. The van der Waals surface area contributed by atoms with Gasteiger partial charge in [-0.2, -0.15) is 0 Å². The number of rotatable bonds is 7. The summed E-state index contributed by atoms with van der Waals surface area (Å²) in [4.78, 5) is 3.71. The van der Waals surface area contributed by atoms with Gasteiger partial charge in [-0.1, -0.05) is 13.8 Å². The summed E-state index contributed by atoms with van der Waals surface area (Å²) in [7, 11) is 1.42. The topological polar surface area (TPSA) is 65.5 Å². The molecule has 0 bridgehead atoms. The number of ether oxygens (including phenoxy) is 2. The molecule has 102 valence electrons. The largest absolute Gasteiger partial charge is 0.474 e. The highest BCUT2D eigenvalue weighted by molar-refractivity contribution is 8.13. The van der Waals surface area contributed by atoms with Gasteiger partial charge in [0, 0.05) is 23.5 Å². The molecule has 0 saturated heterocycles. The lowest BCUT2D eigenvalue weighted by molar-refractivity contribution is 0.0797. The molecule has 0 aliphatic carbocycles. The van der Waals surface area contributed by atoms with Crippen LogP contribution < -0.4 is 4.74 Å². The summed E-state index contributed by atoms with van der Waals surface area (Å²) in [5.41, 5.74) is 0. The highest BCUT2D eigenvalue weighted by Crippen LogP contribution is 2.23. The van der Waals surface area contributed by atoms with Gasteiger partial charge in [-0.05, 0) is 18.1 Å². The summed E-state index contributed by atoms with van der Waals surface area (Å²) in [6.07, 6.45) is 1.44. The molecule has 0 saturated carbocycles. The molecule has 0 radical (unpaired) electrons. The summed E-state index contributed by atoms with van der Waals surface area (Å²) in [6.45, 7) is 5.31. The second kappa shape index (κ2) is 6.92. The third-order valence-electron chi connectivity index (χ3n) is 1.92. The Morgan fingerprint density at radius 3 is 2.72 bits per heavy atom. The summed E-state index contributed by atoms with van der Waals surface area (Å²) in [6, 6.07) is 2.83. The third kappa shape index (κ3) is 5.20. The highest BCUT2D eigenvalue weighted by Gasteiger charge is 2.17. The van der Waals surface area contributed by atoms with Crippen LogP contribution in [0.15, 0.2) is 23.2 Å². The molecule has 0 fully saturated rings. The van der Waals surface area contributed by atoms with Crippen molar-refractivity contribution in [3.63, 3.8) is 0 Å². The Morgan fingerprint density at radius 2 is 2.11 bits per heavy atom. The molecular weight excluding hydrogens is 278 g/mol. The molecule has 0 N–H and O–H groups in total. The minimum absolute atomic E-state index is 0.000599. The molecule has 0 spiro atoms. The van der Waals surface area contributed by atoms with Gasteiger partial charge < -0.3 is 9.47 Å². The Morgan fingerprint density at radius 1 is 1.39 bits per heavy atom. The van der Waals surface area contributed by atoms with E-state index < -0.39 is 9.05 Å². The van der Waals surface area contributed by atoms with Crippen molar-refractivity contribution in [1.82, 2.24) is 4.98 Å². The molecule has 0 amide bonds. The molecule has 0 aliphatic rings. The predicted octanol–water partition coefficient (Wildman–Crippen LogP) is 2.06. The van der Waals surface area contributed by atoms with Crippen molar-refractivity contribution in [2.45, 2.75) is 18.7 Å². The average molecular weight is 294 g/mol. The normalized spacial score (nSPS) is 11.8. The smallest absolute Gasteiger partial charge is 0.266 e. The molecule has 1 rings (SSSR count). The van der Waals surface area contributed by atoms with Crippen LogP contribution in [0.5, 0.6) is 5.88 Å². The van der Waals surface area contributed by atoms with Crippen LogP contribution in [0.25, 0.3) is 0 Å². The number of aromatic nitrogens is 1. The molecular formula is C11H16ClNO4S. The van der Waals surface area contributed by atoms with Crippen molar-refractivity contribution in [3.05, 3.63) is 18.3 Å². The minimum Gasteiger partial charge on any atom is -0.474 e. The molecule has 0 atom stereocenters. The standard InChI is InChI=1S/C11H16ClNO4S/c1-9(2)8-16-6-7-17-11-10(18(12,14)15)4-3-5-13-11/h3-5,9H,6-8H2,1-2H3. The Bertz CT molecular complexity index is 476. The van der Waals surface area contributed by atoms with E-state index in [0.29, 0.717) is 19.1 Å². The zero-order valence-corrected chi connectivity index (χ0v) is 11.9. The van der Waals surface area contributed by atoms with Crippen molar-refractivity contribution in [2.24, 2.45) is 5.92 Å². The van der Waals surface area contributed by atoms with Crippen LogP contribution in [0.1, 0.15) is 13.8 Å². The van der Waals surface area contributed by atoms with Crippen LogP contribution in [0.2, 0.25) is 0 Å². The zero-order chi connectivity index (χ0) is 13.6. The first-order valence-corrected chi connectivity index (χ1v) is 7.82. The van der Waals surface area contributed by atoms with E-state index in [4.69, 9.17) is 20.2 Å². The van der Waals surface area contributed by atoms with E-state index in [1.165, 1.54) is 18.3 Å². The van der Waals surface area contributed by atoms with Crippen LogP contribution in [0, 0.1) is 5.92 Å². The van der Waals surface area contributed by atoms with E-state index >= 15 is 0 Å². The predicted molar refractivity (Wildman–Crippen MR) is 68.4 cm³/mol. The minimum atomic E-state index is -3.85. The Hall–Kier alpha value is -0.850. The lowest BCUT2D eigenvalue weighted by Crippen LogP contribution is -2.11. The van der Waals surface area contributed by atoms with Crippen molar-refractivity contribution in [3.8, 4) is 5.88 Å². The summed E-state index contributed by atoms with van der Waals surface area (Å²) < 4.78 is 33.0. The maximum absolute atomic E-state index is 11.2. The molecule has 5 nitrogen and oxygen atoms in total. The lowest BCUT2D eigenvalue weighted by atomic mass is 10.2. The van der Waals surface area contributed by atoms with Gasteiger partial charge >= 0.3 is 0 Å². The molecule has 1 aromatic rings. The van der Waals surface area contributed by atoms with Crippen molar-refractivity contribution >= 4 is 19.7 Å². The first-order valence-electron chi connectivity index (χ1n) is 5.51. The molecule has 0 aliphatic heterocycles. The van der Waals surface area contributed by atoms with Gasteiger partial charge in [0.15, 0.2) is 0 Å². The van der Waals surface area contributed by atoms with Gasteiger partial charge in [-0.15, -0.1) is 0 Å². The fraction of sp³-hybridized carbons (Fsp3) is 0.545. The SMILES string of the molecule is CC(C)COCCOc1ncccc1S(=O)(=O)Cl. The first kappa shape index (κ1) is 15.2. The van der Waals surface area contributed by atoms with Crippen LogP contribution in [0.4, 0.5) is 0 Å². The van der Waals surface area contributed by atoms with Gasteiger partial charge in [-0.3, -0.25) is 0 Å². The first-order chi connectivity index (χ1) is 8.41. The molecule has 0 unspecified atom stereocenters. The maximum atomic E-state index is 11.2. The monoisotopic (exact) mass is 293 g/mol. The Balaban J connectivity index is 2.53. The van der Waals surface area contributed by atoms with Crippen LogP contribution >= 0.6 is 10.7 Å². The van der Waals surface area contributed by atoms with Crippen LogP contribution in [-0.4, -0.2) is 33.2 Å². The molecule has 7 heteroatoms. The summed E-state index contributed by atoms with van der Waals surface area (Å²) >= 11 is 0. The van der Waals surface area contributed by atoms with E-state index in [2.05, 4.69) is 4.98 Å². The van der Waals surface area contributed by atoms with Crippen molar-refractivity contribution < 1.29 is 17.9 Å². The summed E-state index contributed by atoms with van der Waals surface area (Å²) in [5, 5.41) is 0. The average Bonchev–Trinajstić information content (AvgIpc) is 2.27. The van der Waals surface area contributed by atoms with E-state index in [1.54, 1.807) is 0 Å². The van der Waals surface area contributed by atoms with Gasteiger partial charge in [0.25, 0.3) is 9.05 Å². The van der Waals surface area contributed by atoms with Gasteiger partial charge in [0.05, 0.1) is 6.61 Å². The molecule has 1 aromatic heterocycles. The van der Waals surface area contributed by atoms with E-state index in [9.17, 15) is 8.42 Å². The number of hydrogen-bond acceptors (Lipinski definition) is 5. The number of hydrogen-bond donors (Lipinski definition) is 0. The zero-order valence-electron chi connectivity index (χ0n) is 10.3. The second-order valence-electron chi connectivity index (χ2n) is 4.06. The lowest BCUT2D eigenvalue weighted by Gasteiger charge is -2.09. The maximum Gasteiger partial charge on any atom is 0.266 e. The molecule has 1 heterocycles. The van der Waals surface area contributed by atoms with Gasteiger partial charge in [-0.25, -0.2) is 13.4 Å². The fourth-order valence-electron chi connectivity index (χ4n) is 1.19. The van der Waals surface area contributed by atoms with Crippen molar-refractivity contribution in [1.29, 1.82) is 0 Å². The number of pyridine rings is 1. The van der Waals surface area contributed by atoms with Crippen molar-refractivity contribution in [2.75, 3.05) is 19.8 Å². The molecule has 18 heavy (non-hydrogen) atoms.